The fourth-order valence-electron chi connectivity index (χ4n) is 3.74. The fourth-order valence-corrected chi connectivity index (χ4v) is 3.74. The zero-order valence-electron chi connectivity index (χ0n) is 16.5. The van der Waals surface area contributed by atoms with Gasteiger partial charge in [-0.1, -0.05) is 4.99 Å². The standard InChI is InChI=1S/C19H22N5O4/c1-6-22-17(25)15-16(21(3)19(22)26)20-18-23(15)10-11(2)24(18)13-9-12(27-4)7-8-14(13)28-5/h7-10,15H,6H2,1-5H3/q+1. The number of urea groups is 1. The molecule has 2 aliphatic rings. The molecule has 1 atom stereocenters. The molecule has 3 heterocycles. The number of methoxy groups -OCH3 is 2. The van der Waals surface area contributed by atoms with Crippen LogP contribution in [0.25, 0.3) is 5.69 Å². The first-order valence-electron chi connectivity index (χ1n) is 8.96. The lowest BCUT2D eigenvalue weighted by molar-refractivity contribution is -0.676. The number of amides is 3. The van der Waals surface area contributed by atoms with Crippen LogP contribution in [-0.4, -0.2) is 60.0 Å². The summed E-state index contributed by atoms with van der Waals surface area (Å²) in [6, 6.07) is 4.46. The first-order valence-corrected chi connectivity index (χ1v) is 8.96. The number of nitrogens with zero attached hydrogens (tertiary/aromatic N) is 5. The molecule has 0 aliphatic carbocycles. The Morgan fingerprint density at radius 2 is 1.96 bits per heavy atom. The van der Waals surface area contributed by atoms with E-state index in [0.717, 1.165) is 11.4 Å². The minimum atomic E-state index is -0.658. The van der Waals surface area contributed by atoms with Crippen molar-refractivity contribution in [2.45, 2.75) is 19.9 Å². The molecule has 1 saturated heterocycles. The van der Waals surface area contributed by atoms with Crippen molar-refractivity contribution in [1.29, 1.82) is 0 Å². The van der Waals surface area contributed by atoms with Gasteiger partial charge in [-0.25, -0.2) is 9.36 Å². The number of aliphatic imine (C=N–C) groups is 1. The zero-order valence-corrected chi connectivity index (χ0v) is 16.5. The van der Waals surface area contributed by atoms with Crippen LogP contribution in [0.15, 0.2) is 29.4 Å². The lowest BCUT2D eigenvalue weighted by Gasteiger charge is -2.32. The number of carbonyl (C=O) groups excluding carboxylic acids is 2. The molecule has 4 rings (SSSR count). The van der Waals surface area contributed by atoms with E-state index in [1.54, 1.807) is 32.8 Å². The normalized spacial score (nSPS) is 18.2. The summed E-state index contributed by atoms with van der Waals surface area (Å²) in [7, 11) is 4.83. The Morgan fingerprint density at radius 1 is 1.21 bits per heavy atom. The molecule has 0 N–H and O–H groups in total. The first kappa shape index (κ1) is 18.0. The molecule has 1 fully saturated rings. The minimum Gasteiger partial charge on any atom is -0.497 e. The van der Waals surface area contributed by atoms with Crippen LogP contribution in [0.1, 0.15) is 18.7 Å². The number of imide groups is 1. The highest BCUT2D eigenvalue weighted by atomic mass is 16.5. The smallest absolute Gasteiger partial charge is 0.407 e. The number of rotatable bonds is 4. The van der Waals surface area contributed by atoms with Gasteiger partial charge >= 0.3 is 12.0 Å². The molecule has 1 aromatic heterocycles. The summed E-state index contributed by atoms with van der Waals surface area (Å²) < 4.78 is 14.6. The molecule has 2 aliphatic heterocycles. The summed E-state index contributed by atoms with van der Waals surface area (Å²) in [6.07, 6.45) is 1.87. The van der Waals surface area contributed by atoms with Gasteiger partial charge in [0.2, 0.25) is 11.9 Å². The molecular weight excluding hydrogens is 362 g/mol. The maximum Gasteiger partial charge on any atom is 0.407 e. The van der Waals surface area contributed by atoms with Gasteiger partial charge in [0.1, 0.15) is 17.6 Å². The van der Waals surface area contributed by atoms with Crippen LogP contribution >= 0.6 is 0 Å². The molecule has 0 spiro atoms. The molecule has 3 amide bonds. The molecule has 0 radical (unpaired) electrons. The molecular formula is C19H22N5O4+. The summed E-state index contributed by atoms with van der Waals surface area (Å²) in [5.41, 5.74) is 1.62. The number of hydrogen-bond donors (Lipinski definition) is 0. The van der Waals surface area contributed by atoms with Crippen LogP contribution in [0.5, 0.6) is 11.5 Å². The zero-order chi connectivity index (χ0) is 20.2. The molecule has 146 valence electrons. The predicted molar refractivity (Wildman–Crippen MR) is 100 cm³/mol. The lowest BCUT2D eigenvalue weighted by Crippen LogP contribution is -2.62. The molecule has 28 heavy (non-hydrogen) atoms. The summed E-state index contributed by atoms with van der Waals surface area (Å²) in [5, 5.41) is 0. The van der Waals surface area contributed by atoms with Gasteiger partial charge in [-0.15, -0.1) is 0 Å². The van der Waals surface area contributed by atoms with Crippen molar-refractivity contribution in [3.8, 4) is 17.2 Å². The highest BCUT2D eigenvalue weighted by Gasteiger charge is 2.53. The van der Waals surface area contributed by atoms with Crippen molar-refractivity contribution in [1.82, 2.24) is 14.4 Å². The van der Waals surface area contributed by atoms with Gasteiger partial charge in [-0.05, 0) is 26.0 Å². The number of ether oxygens (including phenoxy) is 2. The third kappa shape index (κ3) is 2.32. The van der Waals surface area contributed by atoms with Crippen LogP contribution in [0.2, 0.25) is 0 Å². The number of amidine groups is 1. The summed E-state index contributed by atoms with van der Waals surface area (Å²) >= 11 is 0. The van der Waals surface area contributed by atoms with Crippen LogP contribution in [-0.2, 0) is 4.79 Å². The number of fused-ring (bicyclic) bond motifs is 3. The highest BCUT2D eigenvalue weighted by molar-refractivity contribution is 6.19. The molecule has 0 saturated carbocycles. The van der Waals surface area contributed by atoms with Crippen LogP contribution in [0.4, 0.5) is 10.7 Å². The Morgan fingerprint density at radius 3 is 2.61 bits per heavy atom. The van der Waals surface area contributed by atoms with E-state index < -0.39 is 6.04 Å². The van der Waals surface area contributed by atoms with E-state index in [4.69, 9.17) is 9.47 Å². The molecule has 9 nitrogen and oxygen atoms in total. The van der Waals surface area contributed by atoms with E-state index in [2.05, 4.69) is 4.99 Å². The Balaban J connectivity index is 1.92. The second-order valence-electron chi connectivity index (χ2n) is 6.65. The van der Waals surface area contributed by atoms with Gasteiger partial charge in [0, 0.05) is 19.7 Å². The van der Waals surface area contributed by atoms with Gasteiger partial charge in [0.25, 0.3) is 5.91 Å². The molecule has 9 heteroatoms. The number of carbonyl (C=O) groups is 2. The van der Waals surface area contributed by atoms with Crippen molar-refractivity contribution in [3.63, 3.8) is 0 Å². The van der Waals surface area contributed by atoms with Crippen LogP contribution < -0.4 is 14.0 Å². The number of likely N-dealkylation sites (N-methyl/N-ethyl adjacent to an activating group) is 2. The molecule has 2 aromatic rings. The largest absolute Gasteiger partial charge is 0.497 e. The molecule has 0 bridgehead atoms. The number of aryl methyl sites for hydroxylation is 1. The summed E-state index contributed by atoms with van der Waals surface area (Å²) in [6.45, 7) is 4.02. The second-order valence-corrected chi connectivity index (χ2v) is 6.65. The van der Waals surface area contributed by atoms with Gasteiger partial charge in [0.05, 0.1) is 14.2 Å². The maximum absolute atomic E-state index is 13.0. The van der Waals surface area contributed by atoms with Gasteiger partial charge in [-0.2, -0.15) is 4.57 Å². The maximum atomic E-state index is 13.0. The quantitative estimate of drug-likeness (QED) is 0.750. The first-order chi connectivity index (χ1) is 13.4. The average molecular weight is 384 g/mol. The van der Waals surface area contributed by atoms with Crippen LogP contribution in [0, 0.1) is 6.92 Å². The fraction of sp³-hybridized carbons (Fsp3) is 0.368. The van der Waals surface area contributed by atoms with E-state index in [9.17, 15) is 9.59 Å². The Hall–Kier alpha value is -3.36. The van der Waals surface area contributed by atoms with Gasteiger partial charge < -0.3 is 9.47 Å². The number of aromatic nitrogens is 2. The minimum absolute atomic E-state index is 0.275. The Labute approximate surface area is 162 Å². The van der Waals surface area contributed by atoms with Crippen molar-refractivity contribution in [2.75, 3.05) is 27.8 Å². The third-order valence-corrected chi connectivity index (χ3v) is 5.15. The number of benzene rings is 1. The van der Waals surface area contributed by atoms with E-state index in [0.29, 0.717) is 29.8 Å². The van der Waals surface area contributed by atoms with Crippen LogP contribution in [0.3, 0.4) is 0 Å². The second kappa shape index (κ2) is 6.36. The molecule has 1 unspecified atom stereocenters. The van der Waals surface area contributed by atoms with Crippen molar-refractivity contribution < 1.29 is 23.6 Å². The van der Waals surface area contributed by atoms with Gasteiger partial charge in [0.15, 0.2) is 11.4 Å². The van der Waals surface area contributed by atoms with Crippen molar-refractivity contribution in [2.24, 2.45) is 4.99 Å². The average Bonchev–Trinajstić information content (AvgIpc) is 3.20. The van der Waals surface area contributed by atoms with E-state index in [1.807, 2.05) is 35.9 Å². The summed E-state index contributed by atoms with van der Waals surface area (Å²) in [5.74, 6) is 2.01. The van der Waals surface area contributed by atoms with Crippen molar-refractivity contribution in [3.05, 3.63) is 30.1 Å². The predicted octanol–water partition coefficient (Wildman–Crippen LogP) is 1.59. The topological polar surface area (TPSA) is 80.2 Å². The van der Waals surface area contributed by atoms with E-state index in [1.165, 1.54) is 9.80 Å². The third-order valence-electron chi connectivity index (χ3n) is 5.15. The monoisotopic (exact) mass is 384 g/mol. The van der Waals surface area contributed by atoms with Crippen molar-refractivity contribution >= 4 is 23.7 Å². The number of imidazole rings is 1. The molecule has 1 aromatic carbocycles. The highest BCUT2D eigenvalue weighted by Crippen LogP contribution is 2.35. The summed E-state index contributed by atoms with van der Waals surface area (Å²) in [4.78, 5) is 32.8. The number of hydrogen-bond acceptors (Lipinski definition) is 5. The van der Waals surface area contributed by atoms with E-state index >= 15 is 0 Å². The Kier molecular flexibility index (Phi) is 4.10. The SMILES string of the molecule is CCN1C(=O)C2C(=Nc3n(-c4cc(OC)ccc4OC)c(C)c[n+]32)N(C)C1=O. The lowest BCUT2D eigenvalue weighted by atomic mass is 10.1. The van der Waals surface area contributed by atoms with E-state index in [-0.39, 0.29) is 11.9 Å². The Bertz CT molecular complexity index is 1030. The van der Waals surface area contributed by atoms with Gasteiger partial charge in [-0.3, -0.25) is 14.6 Å².